The first kappa shape index (κ1) is 28.1. The monoisotopic (exact) mass is 589 g/mol. The first-order valence-electron chi connectivity index (χ1n) is 13.4. The lowest BCUT2D eigenvalue weighted by Crippen LogP contribution is -2.48. The maximum Gasteiger partial charge on any atom is 0.333 e. The van der Waals surface area contributed by atoms with Gasteiger partial charge in [0.05, 0.1) is 19.0 Å². The lowest BCUT2D eigenvalue weighted by molar-refractivity contribution is -0.156. The van der Waals surface area contributed by atoms with Crippen molar-refractivity contribution in [1.29, 1.82) is 0 Å². The summed E-state index contributed by atoms with van der Waals surface area (Å²) in [6.45, 7) is -0.395. The number of imidazole rings is 1. The number of benzene rings is 2. The summed E-state index contributed by atoms with van der Waals surface area (Å²) in [4.78, 5) is 25.0. The Morgan fingerprint density at radius 3 is 2.76 bits per heavy atom. The van der Waals surface area contributed by atoms with E-state index in [1.54, 1.807) is 24.3 Å². The molecule has 0 saturated carbocycles. The molecule has 1 aliphatic carbocycles. The van der Waals surface area contributed by atoms with Crippen molar-refractivity contribution in [2.24, 2.45) is 0 Å². The van der Waals surface area contributed by atoms with Crippen molar-refractivity contribution in [1.82, 2.24) is 19.5 Å². The molecule has 0 radical (unpaired) electrons. The SMILES string of the molecule is C#C[C@@]1(O)[C@@H](COC(Cc2ccccc2)C(=O)O)O[C@@H](n2cnc3c(N[C@H]4CCc5ccccc54)nc(Cl)nc32)[C@@H]1O. The van der Waals surface area contributed by atoms with E-state index in [0.29, 0.717) is 11.3 Å². The van der Waals surface area contributed by atoms with Crippen LogP contribution >= 0.6 is 11.6 Å². The topological polar surface area (TPSA) is 152 Å². The van der Waals surface area contributed by atoms with Gasteiger partial charge in [-0.05, 0) is 41.1 Å². The van der Waals surface area contributed by atoms with Gasteiger partial charge in [0.25, 0.3) is 0 Å². The highest BCUT2D eigenvalue weighted by Crippen LogP contribution is 2.40. The third-order valence-electron chi connectivity index (χ3n) is 7.85. The summed E-state index contributed by atoms with van der Waals surface area (Å²) >= 11 is 6.31. The molecule has 4 aromatic rings. The number of carbonyl (C=O) groups is 1. The van der Waals surface area contributed by atoms with Gasteiger partial charge in [-0.3, -0.25) is 4.57 Å². The molecule has 2 aromatic carbocycles. The van der Waals surface area contributed by atoms with Gasteiger partial charge in [-0.25, -0.2) is 9.78 Å². The Bertz CT molecular complexity index is 1660. The number of aliphatic carboxylic acids is 1. The highest BCUT2D eigenvalue weighted by molar-refractivity contribution is 6.28. The average molecular weight is 590 g/mol. The zero-order chi connectivity index (χ0) is 29.4. The van der Waals surface area contributed by atoms with E-state index in [1.165, 1.54) is 22.0 Å². The first-order valence-corrected chi connectivity index (χ1v) is 13.8. The Kier molecular flexibility index (Phi) is 7.57. The third kappa shape index (κ3) is 5.08. The number of ether oxygens (including phenoxy) is 2. The van der Waals surface area contributed by atoms with Gasteiger partial charge in [0, 0.05) is 6.42 Å². The number of aryl methyl sites for hydroxylation is 1. The second kappa shape index (κ2) is 11.3. The molecular formula is C30H28ClN5O6. The van der Waals surface area contributed by atoms with Gasteiger partial charge in [0.2, 0.25) is 5.28 Å². The van der Waals surface area contributed by atoms with E-state index in [-0.39, 0.29) is 23.4 Å². The number of hydrogen-bond acceptors (Lipinski definition) is 9. The lowest BCUT2D eigenvalue weighted by Gasteiger charge is -2.26. The molecule has 0 spiro atoms. The van der Waals surface area contributed by atoms with Crippen LogP contribution in [0.15, 0.2) is 60.9 Å². The minimum atomic E-state index is -2.19. The predicted molar refractivity (Wildman–Crippen MR) is 153 cm³/mol. The fourth-order valence-corrected chi connectivity index (χ4v) is 5.78. The van der Waals surface area contributed by atoms with E-state index in [4.69, 9.17) is 27.5 Å². The first-order chi connectivity index (χ1) is 20.3. The van der Waals surface area contributed by atoms with Gasteiger partial charge in [-0.15, -0.1) is 6.42 Å². The molecule has 1 fully saturated rings. The Morgan fingerprint density at radius 1 is 1.24 bits per heavy atom. The number of aliphatic hydroxyl groups excluding tert-OH is 1. The Balaban J connectivity index is 1.25. The molecule has 6 rings (SSSR count). The number of aliphatic hydroxyl groups is 2. The number of rotatable bonds is 9. The van der Waals surface area contributed by atoms with Crippen LogP contribution in [0.4, 0.5) is 5.82 Å². The summed E-state index contributed by atoms with van der Waals surface area (Å²) in [6.07, 6.45) is 3.58. The summed E-state index contributed by atoms with van der Waals surface area (Å²) in [5.74, 6) is 1.44. The van der Waals surface area contributed by atoms with E-state index < -0.39 is 42.7 Å². The van der Waals surface area contributed by atoms with E-state index in [9.17, 15) is 20.1 Å². The minimum Gasteiger partial charge on any atom is -0.479 e. The Hall–Kier alpha value is -4.05. The summed E-state index contributed by atoms with van der Waals surface area (Å²) < 4.78 is 13.1. The molecule has 42 heavy (non-hydrogen) atoms. The van der Waals surface area contributed by atoms with E-state index in [0.717, 1.165) is 18.4 Å². The van der Waals surface area contributed by atoms with Crippen molar-refractivity contribution in [3.05, 3.63) is 82.9 Å². The second-order valence-electron chi connectivity index (χ2n) is 10.4. The summed E-state index contributed by atoms with van der Waals surface area (Å²) in [7, 11) is 0. The molecule has 12 heteroatoms. The number of terminal acetylenes is 1. The molecule has 11 nitrogen and oxygen atoms in total. The number of nitrogens with zero attached hydrogens (tertiary/aromatic N) is 4. The van der Waals surface area contributed by atoms with E-state index in [2.05, 4.69) is 38.3 Å². The average Bonchev–Trinajstić information content (AvgIpc) is 3.66. The zero-order valence-corrected chi connectivity index (χ0v) is 23.1. The highest BCUT2D eigenvalue weighted by Gasteiger charge is 2.56. The lowest BCUT2D eigenvalue weighted by atomic mass is 9.93. The molecule has 2 aliphatic rings. The minimum absolute atomic E-state index is 0.0000320. The van der Waals surface area contributed by atoms with Crippen molar-refractivity contribution in [2.75, 3.05) is 11.9 Å². The fourth-order valence-electron chi connectivity index (χ4n) is 5.61. The van der Waals surface area contributed by atoms with Crippen LogP contribution in [0.3, 0.4) is 0 Å². The molecule has 4 N–H and O–H groups in total. The molecule has 1 unspecified atom stereocenters. The summed E-state index contributed by atoms with van der Waals surface area (Å²) in [5, 5.41) is 35.5. The highest BCUT2D eigenvalue weighted by atomic mass is 35.5. The number of nitrogens with one attached hydrogen (secondary N) is 1. The van der Waals surface area contributed by atoms with Gasteiger partial charge in [0.15, 0.2) is 34.9 Å². The quantitative estimate of drug-likeness (QED) is 0.169. The number of aromatic nitrogens is 4. The Morgan fingerprint density at radius 2 is 2.00 bits per heavy atom. The van der Waals surface area contributed by atoms with Gasteiger partial charge < -0.3 is 30.1 Å². The van der Waals surface area contributed by atoms with Crippen molar-refractivity contribution in [2.45, 2.75) is 55.4 Å². The number of carboxylic acid groups (broad SMARTS) is 1. The summed E-state index contributed by atoms with van der Waals surface area (Å²) in [6, 6.07) is 17.2. The van der Waals surface area contributed by atoms with Gasteiger partial charge in [0.1, 0.15) is 12.2 Å². The maximum atomic E-state index is 11.9. The van der Waals surface area contributed by atoms with Crippen LogP contribution in [0.5, 0.6) is 0 Å². The van der Waals surface area contributed by atoms with Crippen molar-refractivity contribution < 1.29 is 29.6 Å². The van der Waals surface area contributed by atoms with E-state index in [1.807, 2.05) is 18.2 Å². The number of hydrogen-bond donors (Lipinski definition) is 4. The van der Waals surface area contributed by atoms with Crippen molar-refractivity contribution >= 4 is 34.6 Å². The zero-order valence-electron chi connectivity index (χ0n) is 22.3. The van der Waals surface area contributed by atoms with E-state index >= 15 is 0 Å². The van der Waals surface area contributed by atoms with Gasteiger partial charge in [-0.1, -0.05) is 60.5 Å². The van der Waals surface area contributed by atoms with Crippen molar-refractivity contribution in [3.8, 4) is 12.3 Å². The van der Waals surface area contributed by atoms with Crippen LogP contribution < -0.4 is 5.32 Å². The molecule has 216 valence electrons. The molecule has 3 heterocycles. The molecule has 2 aromatic heterocycles. The Labute approximate surface area is 246 Å². The standard InChI is InChI=1S/C30H28ClN5O6/c1-2-30(40)22(15-41-21(28(38)39)14-17-8-4-3-5-9-17)42-27(24(30)37)36-16-32-23-25(34-29(31)35-26(23)36)33-20-13-12-18-10-6-7-11-19(18)20/h1,3-11,16,20-22,24,27,37,40H,12-15H2,(H,38,39)(H,33,34,35)/t20-,21?,22+,24-,27+,30+/m0/s1. The fraction of sp³-hybridized carbons (Fsp3) is 0.333. The van der Waals surface area contributed by atoms with Gasteiger partial charge in [-0.2, -0.15) is 9.97 Å². The smallest absolute Gasteiger partial charge is 0.333 e. The molecule has 1 aliphatic heterocycles. The van der Waals surface area contributed by atoms with Gasteiger partial charge >= 0.3 is 5.97 Å². The van der Waals surface area contributed by atoms with Crippen LogP contribution in [0.2, 0.25) is 5.28 Å². The second-order valence-corrected chi connectivity index (χ2v) is 10.7. The third-order valence-corrected chi connectivity index (χ3v) is 8.02. The molecule has 6 atom stereocenters. The molecular weight excluding hydrogens is 562 g/mol. The van der Waals surface area contributed by atoms with Crippen LogP contribution in [-0.4, -0.2) is 71.3 Å². The normalized spacial score (nSPS) is 25.7. The molecule has 1 saturated heterocycles. The van der Waals surface area contributed by atoms with Crippen LogP contribution in [-0.2, 0) is 27.1 Å². The van der Waals surface area contributed by atoms with Crippen molar-refractivity contribution in [3.63, 3.8) is 0 Å². The summed E-state index contributed by atoms with van der Waals surface area (Å²) in [5.41, 5.74) is 1.63. The largest absolute Gasteiger partial charge is 0.479 e. The molecule has 0 bridgehead atoms. The number of fused-ring (bicyclic) bond motifs is 2. The van der Waals surface area contributed by atoms with Crippen LogP contribution in [0.1, 0.15) is 35.4 Å². The van der Waals surface area contributed by atoms with Crippen LogP contribution in [0, 0.1) is 12.3 Å². The van der Waals surface area contributed by atoms with Crippen LogP contribution in [0.25, 0.3) is 11.2 Å². The number of anilines is 1. The maximum absolute atomic E-state index is 11.9. The molecule has 0 amide bonds. The number of carboxylic acids is 1. The predicted octanol–water partition coefficient (Wildman–Crippen LogP) is 2.91. The number of halogens is 1.